The molecule has 2 aromatic carbocycles. The van der Waals surface area contributed by atoms with Crippen molar-refractivity contribution in [3.05, 3.63) is 59.0 Å². The number of aromatic nitrogens is 1. The zero-order valence-electron chi connectivity index (χ0n) is 18.8. The highest BCUT2D eigenvalue weighted by Crippen LogP contribution is 2.39. The number of carboxylic acids is 1. The largest absolute Gasteiger partial charge is 0.495 e. The van der Waals surface area contributed by atoms with E-state index in [1.807, 2.05) is 12.1 Å². The van der Waals surface area contributed by atoms with Crippen LogP contribution in [0.2, 0.25) is 0 Å². The fourth-order valence-corrected chi connectivity index (χ4v) is 5.75. The van der Waals surface area contributed by atoms with Gasteiger partial charge in [-0.1, -0.05) is 30.7 Å². The highest BCUT2D eigenvalue weighted by molar-refractivity contribution is 7.81. The summed E-state index contributed by atoms with van der Waals surface area (Å²) in [5.74, 6) is -0.218. The fraction of sp³-hybridized carbons (Fsp3) is 0.333. The molecule has 1 saturated carbocycles. The molecule has 1 aliphatic rings. The molecule has 1 aromatic heterocycles. The molecule has 3 aromatic rings. The Morgan fingerprint density at radius 2 is 1.94 bits per heavy atom. The Morgan fingerprint density at radius 3 is 2.59 bits per heavy atom. The molecule has 0 amide bonds. The predicted molar refractivity (Wildman–Crippen MR) is 132 cm³/mol. The Morgan fingerprint density at radius 1 is 1.18 bits per heavy atom. The first-order chi connectivity index (χ1) is 16.4. The third-order valence-electron chi connectivity index (χ3n) is 6.09. The van der Waals surface area contributed by atoms with E-state index in [-0.39, 0.29) is 22.8 Å². The van der Waals surface area contributed by atoms with Gasteiger partial charge in [0, 0.05) is 18.1 Å². The molecule has 0 spiro atoms. The Hall–Kier alpha value is -2.79. The standard InChI is InChI=1S/C24H26N2O6S2/c1-31-19-5-3-4-17(12-19)15-6-8-16(9-7-15)23-25-22(14-33-23)26(34(29)30)20-11-10-18(24(27)28)13-21(20)32-2/h6-11,13-14,17,19H,3-5,12H2,1-2H3,(H,27,28)(H,29,30). The molecular formula is C24H26N2O6S2. The normalized spacial score (nSPS) is 18.9. The first kappa shape index (κ1) is 24.3. The smallest absolute Gasteiger partial charge is 0.335 e. The zero-order valence-corrected chi connectivity index (χ0v) is 20.5. The summed E-state index contributed by atoms with van der Waals surface area (Å²) in [6, 6.07) is 12.4. The van der Waals surface area contributed by atoms with Gasteiger partial charge in [-0.2, -0.15) is 0 Å². The topological polar surface area (TPSA) is 109 Å². The van der Waals surface area contributed by atoms with Gasteiger partial charge in [-0.25, -0.2) is 18.3 Å². The summed E-state index contributed by atoms with van der Waals surface area (Å²) in [4.78, 5) is 15.9. The van der Waals surface area contributed by atoms with Gasteiger partial charge >= 0.3 is 5.97 Å². The van der Waals surface area contributed by atoms with Gasteiger partial charge in [0.1, 0.15) is 16.4 Å². The second-order valence-electron chi connectivity index (χ2n) is 8.07. The minimum absolute atomic E-state index is 0.0121. The minimum atomic E-state index is -2.45. The number of ether oxygens (including phenoxy) is 2. The van der Waals surface area contributed by atoms with Crippen LogP contribution in [-0.4, -0.2) is 45.1 Å². The van der Waals surface area contributed by atoms with E-state index in [1.165, 1.54) is 42.2 Å². The van der Waals surface area contributed by atoms with E-state index in [1.54, 1.807) is 12.5 Å². The lowest BCUT2D eigenvalue weighted by Crippen LogP contribution is -2.20. The number of rotatable bonds is 8. The SMILES string of the molecule is COc1cc(C(=O)O)ccc1N(c1csc(-c2ccc(C3CCCC(OC)C3)cc2)n1)S(=O)O. The highest BCUT2D eigenvalue weighted by Gasteiger charge is 2.25. The predicted octanol–water partition coefficient (Wildman–Crippen LogP) is 5.46. The summed E-state index contributed by atoms with van der Waals surface area (Å²) in [5.41, 5.74) is 2.45. The van der Waals surface area contributed by atoms with Crippen LogP contribution in [-0.2, 0) is 16.0 Å². The second kappa shape index (κ2) is 10.6. The molecule has 2 N–H and O–H groups in total. The molecule has 0 radical (unpaired) electrons. The molecule has 0 aliphatic heterocycles. The van der Waals surface area contributed by atoms with Gasteiger partial charge in [-0.3, -0.25) is 4.55 Å². The van der Waals surface area contributed by atoms with Crippen LogP contribution in [0.5, 0.6) is 5.75 Å². The molecule has 1 aliphatic carbocycles. The molecule has 4 rings (SSSR count). The first-order valence-corrected chi connectivity index (χ1v) is 12.8. The molecule has 3 atom stereocenters. The molecule has 8 nitrogen and oxygen atoms in total. The molecule has 180 valence electrons. The molecule has 10 heteroatoms. The lowest BCUT2D eigenvalue weighted by atomic mass is 9.82. The number of hydrogen-bond acceptors (Lipinski definition) is 6. The molecule has 0 saturated heterocycles. The van der Waals surface area contributed by atoms with Crippen LogP contribution >= 0.6 is 11.3 Å². The maximum atomic E-state index is 12.2. The average molecular weight is 503 g/mol. The third-order valence-corrected chi connectivity index (χ3v) is 7.67. The lowest BCUT2D eigenvalue weighted by Gasteiger charge is -2.28. The van der Waals surface area contributed by atoms with Crippen molar-refractivity contribution >= 4 is 40.1 Å². The Bertz CT molecular complexity index is 1180. The van der Waals surface area contributed by atoms with Gasteiger partial charge in [0.15, 0.2) is 5.82 Å². The van der Waals surface area contributed by atoms with Crippen molar-refractivity contribution in [2.75, 3.05) is 18.5 Å². The number of benzene rings is 2. The van der Waals surface area contributed by atoms with E-state index < -0.39 is 17.2 Å². The number of carboxylic acid groups (broad SMARTS) is 1. The molecule has 3 unspecified atom stereocenters. The van der Waals surface area contributed by atoms with Crippen LogP contribution in [0.3, 0.4) is 0 Å². The van der Waals surface area contributed by atoms with E-state index in [4.69, 9.17) is 9.47 Å². The summed E-state index contributed by atoms with van der Waals surface area (Å²) < 4.78 is 34.2. The van der Waals surface area contributed by atoms with Crippen molar-refractivity contribution in [3.8, 4) is 16.3 Å². The number of methoxy groups -OCH3 is 2. The molecule has 1 heterocycles. The highest BCUT2D eigenvalue weighted by atomic mass is 32.2. The number of carbonyl (C=O) groups is 1. The second-order valence-corrected chi connectivity index (χ2v) is 9.76. The Labute approximate surface area is 204 Å². The number of thiazole rings is 1. The van der Waals surface area contributed by atoms with Crippen LogP contribution < -0.4 is 9.04 Å². The van der Waals surface area contributed by atoms with Gasteiger partial charge in [-0.05, 0) is 48.9 Å². The summed E-state index contributed by atoms with van der Waals surface area (Å²) in [7, 11) is 3.15. The van der Waals surface area contributed by atoms with Gasteiger partial charge < -0.3 is 14.6 Å². The molecule has 34 heavy (non-hydrogen) atoms. The van der Waals surface area contributed by atoms with Crippen LogP contribution in [0.1, 0.15) is 47.5 Å². The van der Waals surface area contributed by atoms with Gasteiger partial charge in [0.05, 0.1) is 18.8 Å². The van der Waals surface area contributed by atoms with E-state index in [0.717, 1.165) is 35.6 Å². The van der Waals surface area contributed by atoms with Gasteiger partial charge in [0.2, 0.25) is 0 Å². The fourth-order valence-electron chi connectivity index (χ4n) is 4.32. The maximum absolute atomic E-state index is 12.2. The molecular weight excluding hydrogens is 476 g/mol. The summed E-state index contributed by atoms with van der Waals surface area (Å²) in [6.45, 7) is 0. The van der Waals surface area contributed by atoms with Crippen molar-refractivity contribution in [1.29, 1.82) is 0 Å². The number of nitrogens with zero attached hydrogens (tertiary/aromatic N) is 2. The summed E-state index contributed by atoms with van der Waals surface area (Å²) in [6.07, 6.45) is 4.76. The van der Waals surface area contributed by atoms with Crippen molar-refractivity contribution in [1.82, 2.24) is 4.98 Å². The van der Waals surface area contributed by atoms with E-state index in [2.05, 4.69) is 17.1 Å². The van der Waals surface area contributed by atoms with Crippen LogP contribution in [0.4, 0.5) is 11.5 Å². The summed E-state index contributed by atoms with van der Waals surface area (Å²) >= 11 is -1.09. The van der Waals surface area contributed by atoms with Crippen molar-refractivity contribution in [2.24, 2.45) is 0 Å². The van der Waals surface area contributed by atoms with Crippen molar-refractivity contribution in [2.45, 2.75) is 37.7 Å². The minimum Gasteiger partial charge on any atom is -0.495 e. The Kier molecular flexibility index (Phi) is 7.62. The number of hydrogen-bond donors (Lipinski definition) is 2. The lowest BCUT2D eigenvalue weighted by molar-refractivity contribution is 0.0635. The Balaban J connectivity index is 1.59. The zero-order chi connectivity index (χ0) is 24.2. The molecule has 0 bridgehead atoms. The van der Waals surface area contributed by atoms with Crippen molar-refractivity contribution in [3.63, 3.8) is 0 Å². The quantitative estimate of drug-likeness (QED) is 0.393. The number of anilines is 2. The van der Waals surface area contributed by atoms with Gasteiger partial charge in [-0.15, -0.1) is 11.3 Å². The average Bonchev–Trinajstić information content (AvgIpc) is 3.33. The molecule has 1 fully saturated rings. The number of aromatic carboxylic acids is 1. The van der Waals surface area contributed by atoms with E-state index in [9.17, 15) is 18.7 Å². The summed E-state index contributed by atoms with van der Waals surface area (Å²) in [5, 5.41) is 11.6. The monoisotopic (exact) mass is 502 g/mol. The van der Waals surface area contributed by atoms with Crippen LogP contribution in [0.25, 0.3) is 10.6 Å². The van der Waals surface area contributed by atoms with E-state index >= 15 is 0 Å². The van der Waals surface area contributed by atoms with Crippen LogP contribution in [0.15, 0.2) is 47.8 Å². The van der Waals surface area contributed by atoms with Crippen LogP contribution in [0, 0.1) is 0 Å². The first-order valence-electron chi connectivity index (χ1n) is 10.8. The van der Waals surface area contributed by atoms with Crippen molar-refractivity contribution < 1.29 is 28.1 Å². The van der Waals surface area contributed by atoms with E-state index in [0.29, 0.717) is 17.0 Å². The maximum Gasteiger partial charge on any atom is 0.335 e. The third kappa shape index (κ3) is 5.15. The van der Waals surface area contributed by atoms with Gasteiger partial charge in [0.25, 0.3) is 11.3 Å².